The van der Waals surface area contributed by atoms with Crippen LogP contribution in [0.3, 0.4) is 0 Å². The number of nitrogens with one attached hydrogen (secondary N) is 1. The SMILES string of the molecule is N#Cc1c(C(F)F)c[nH]c(=O)c1S(=O)(=O)Cl. The van der Waals surface area contributed by atoms with E-state index in [1.54, 1.807) is 4.98 Å². The predicted molar refractivity (Wildman–Crippen MR) is 49.8 cm³/mol. The molecule has 0 saturated heterocycles. The van der Waals surface area contributed by atoms with Crippen LogP contribution in [-0.2, 0) is 9.05 Å². The minimum absolute atomic E-state index is 0.580. The molecular weight excluding hydrogens is 266 g/mol. The Hall–Kier alpha value is -1.46. The standard InChI is InChI=1S/C7H3ClF2N2O3S/c8-16(14,15)5-3(1-11)4(6(9)10)2-12-7(5)13/h2,6H,(H,12,13). The van der Waals surface area contributed by atoms with E-state index in [2.05, 4.69) is 0 Å². The summed E-state index contributed by atoms with van der Waals surface area (Å²) in [6.07, 6.45) is -2.51. The lowest BCUT2D eigenvalue weighted by molar-refractivity contribution is 0.150. The molecule has 5 nitrogen and oxygen atoms in total. The van der Waals surface area contributed by atoms with Gasteiger partial charge in [-0.15, -0.1) is 0 Å². The number of hydrogen-bond acceptors (Lipinski definition) is 4. The maximum absolute atomic E-state index is 12.4. The minimum Gasteiger partial charge on any atom is -0.327 e. The van der Waals surface area contributed by atoms with Crippen LogP contribution in [0.15, 0.2) is 15.9 Å². The van der Waals surface area contributed by atoms with Gasteiger partial charge in [0.1, 0.15) is 6.07 Å². The first kappa shape index (κ1) is 12.6. The van der Waals surface area contributed by atoms with Crippen LogP contribution in [0.4, 0.5) is 8.78 Å². The van der Waals surface area contributed by atoms with E-state index >= 15 is 0 Å². The maximum atomic E-state index is 12.4. The molecule has 0 spiro atoms. The van der Waals surface area contributed by atoms with Gasteiger partial charge in [0.05, 0.1) is 11.1 Å². The van der Waals surface area contributed by atoms with Gasteiger partial charge in [-0.25, -0.2) is 17.2 Å². The van der Waals surface area contributed by atoms with Gasteiger partial charge in [0.2, 0.25) is 0 Å². The third-order valence-corrected chi connectivity index (χ3v) is 3.01. The molecule has 0 amide bonds. The molecule has 1 aromatic rings. The van der Waals surface area contributed by atoms with Gasteiger partial charge in [-0.1, -0.05) is 0 Å². The molecular formula is C7H3ClF2N2O3S. The first-order valence-electron chi connectivity index (χ1n) is 3.67. The summed E-state index contributed by atoms with van der Waals surface area (Å²) in [6.45, 7) is 0. The number of H-pyrrole nitrogens is 1. The first-order valence-corrected chi connectivity index (χ1v) is 5.98. The largest absolute Gasteiger partial charge is 0.327 e. The molecule has 0 atom stereocenters. The Labute approximate surface area is 92.7 Å². The monoisotopic (exact) mass is 268 g/mol. The van der Waals surface area contributed by atoms with Crippen molar-refractivity contribution in [3.8, 4) is 6.07 Å². The van der Waals surface area contributed by atoms with Crippen LogP contribution in [0.25, 0.3) is 0 Å². The molecule has 0 aliphatic carbocycles. The van der Waals surface area contributed by atoms with Crippen LogP contribution in [-0.4, -0.2) is 13.4 Å². The highest BCUT2D eigenvalue weighted by Crippen LogP contribution is 2.25. The Morgan fingerprint density at radius 1 is 1.50 bits per heavy atom. The minimum atomic E-state index is -4.56. The number of nitrogens with zero attached hydrogens (tertiary/aromatic N) is 1. The van der Waals surface area contributed by atoms with Crippen LogP contribution < -0.4 is 5.56 Å². The number of hydrogen-bond donors (Lipinski definition) is 1. The van der Waals surface area contributed by atoms with Crippen molar-refractivity contribution in [2.45, 2.75) is 11.3 Å². The van der Waals surface area contributed by atoms with Crippen LogP contribution >= 0.6 is 10.7 Å². The van der Waals surface area contributed by atoms with Crippen molar-refractivity contribution in [2.75, 3.05) is 0 Å². The predicted octanol–water partition coefficient (Wildman–Crippen LogP) is 1.11. The van der Waals surface area contributed by atoms with E-state index in [9.17, 15) is 22.0 Å². The van der Waals surface area contributed by atoms with Crippen LogP contribution in [0, 0.1) is 11.3 Å². The fourth-order valence-electron chi connectivity index (χ4n) is 1.05. The molecule has 0 bridgehead atoms. The van der Waals surface area contributed by atoms with E-state index in [4.69, 9.17) is 15.9 Å². The molecule has 1 aromatic heterocycles. The van der Waals surface area contributed by atoms with Crippen LogP contribution in [0.1, 0.15) is 17.6 Å². The van der Waals surface area contributed by atoms with Gasteiger partial charge < -0.3 is 4.98 Å². The summed E-state index contributed by atoms with van der Waals surface area (Å²) in [5.41, 5.74) is -3.04. The van der Waals surface area contributed by atoms with E-state index < -0.39 is 37.1 Å². The highest BCUT2D eigenvalue weighted by Gasteiger charge is 2.26. The zero-order chi connectivity index (χ0) is 12.5. The van der Waals surface area contributed by atoms with Crippen LogP contribution in [0.5, 0.6) is 0 Å². The molecule has 86 valence electrons. The third kappa shape index (κ3) is 2.20. The van der Waals surface area contributed by atoms with Crippen LogP contribution in [0.2, 0.25) is 0 Å². The summed E-state index contributed by atoms with van der Waals surface area (Å²) in [5.74, 6) is 0. The van der Waals surface area contributed by atoms with Gasteiger partial charge in [-0.2, -0.15) is 5.26 Å². The fraction of sp³-hybridized carbons (Fsp3) is 0.143. The number of aromatic amines is 1. The first-order chi connectivity index (χ1) is 7.29. The number of alkyl halides is 2. The number of rotatable bonds is 2. The Morgan fingerprint density at radius 3 is 2.44 bits per heavy atom. The number of aromatic nitrogens is 1. The highest BCUT2D eigenvalue weighted by molar-refractivity contribution is 8.13. The molecule has 0 fully saturated rings. The Kier molecular flexibility index (Phi) is 3.30. The average Bonchev–Trinajstić information content (AvgIpc) is 2.14. The molecule has 0 aromatic carbocycles. The van der Waals surface area contributed by atoms with Gasteiger partial charge in [-0.05, 0) is 0 Å². The van der Waals surface area contributed by atoms with Gasteiger partial charge in [0.25, 0.3) is 21.0 Å². The van der Waals surface area contributed by atoms with Crippen molar-refractivity contribution in [2.24, 2.45) is 0 Å². The molecule has 16 heavy (non-hydrogen) atoms. The summed E-state index contributed by atoms with van der Waals surface area (Å²) in [7, 11) is 0.321. The molecule has 1 rings (SSSR count). The number of nitriles is 1. The quantitative estimate of drug-likeness (QED) is 0.814. The Balaban J connectivity index is 3.81. The van der Waals surface area contributed by atoms with Crippen molar-refractivity contribution < 1.29 is 17.2 Å². The topological polar surface area (TPSA) is 90.8 Å². The summed E-state index contributed by atoms with van der Waals surface area (Å²) < 4.78 is 46.7. The number of halogens is 3. The van der Waals surface area contributed by atoms with Gasteiger partial charge in [-0.3, -0.25) is 4.79 Å². The summed E-state index contributed by atoms with van der Waals surface area (Å²) in [5, 5.41) is 8.58. The third-order valence-electron chi connectivity index (χ3n) is 1.67. The lowest BCUT2D eigenvalue weighted by Gasteiger charge is -2.04. The van der Waals surface area contributed by atoms with Crippen molar-refractivity contribution in [1.82, 2.24) is 4.98 Å². The molecule has 0 unspecified atom stereocenters. The van der Waals surface area contributed by atoms with E-state index in [1.807, 2.05) is 0 Å². The van der Waals surface area contributed by atoms with Gasteiger partial charge >= 0.3 is 0 Å². The molecule has 0 radical (unpaired) electrons. The number of pyridine rings is 1. The zero-order valence-corrected chi connectivity index (χ0v) is 8.94. The second-order valence-corrected chi connectivity index (χ2v) is 5.13. The molecule has 1 N–H and O–H groups in total. The van der Waals surface area contributed by atoms with E-state index in [0.717, 1.165) is 0 Å². The highest BCUT2D eigenvalue weighted by atomic mass is 35.7. The van der Waals surface area contributed by atoms with Gasteiger partial charge in [0.15, 0.2) is 4.90 Å². The summed E-state index contributed by atoms with van der Waals surface area (Å²) in [4.78, 5) is 11.7. The lowest BCUT2D eigenvalue weighted by atomic mass is 10.1. The Morgan fingerprint density at radius 2 is 2.06 bits per heavy atom. The Bertz CT molecular complexity index is 617. The second kappa shape index (κ2) is 4.19. The average molecular weight is 269 g/mol. The van der Waals surface area contributed by atoms with E-state index in [-0.39, 0.29) is 0 Å². The van der Waals surface area contributed by atoms with Crippen molar-refractivity contribution in [3.63, 3.8) is 0 Å². The molecule has 0 aliphatic heterocycles. The molecule has 1 heterocycles. The van der Waals surface area contributed by atoms with Crippen molar-refractivity contribution in [3.05, 3.63) is 27.7 Å². The van der Waals surface area contributed by atoms with Crippen molar-refractivity contribution >= 4 is 19.7 Å². The normalized spacial score (nSPS) is 11.4. The smallest absolute Gasteiger partial charge is 0.269 e. The lowest BCUT2D eigenvalue weighted by Crippen LogP contribution is -2.18. The van der Waals surface area contributed by atoms with Crippen molar-refractivity contribution in [1.29, 1.82) is 5.26 Å². The molecule has 0 saturated carbocycles. The summed E-state index contributed by atoms with van der Waals surface area (Å²) >= 11 is 0. The zero-order valence-electron chi connectivity index (χ0n) is 7.37. The molecule has 0 aliphatic rings. The second-order valence-electron chi connectivity index (χ2n) is 2.63. The summed E-state index contributed by atoms with van der Waals surface area (Å²) in [6, 6.07) is 1.23. The van der Waals surface area contributed by atoms with Gasteiger partial charge in [0, 0.05) is 16.9 Å². The van der Waals surface area contributed by atoms with E-state index in [0.29, 0.717) is 6.20 Å². The maximum Gasteiger partial charge on any atom is 0.269 e. The molecule has 9 heteroatoms. The fourth-order valence-corrected chi connectivity index (χ4v) is 2.18. The van der Waals surface area contributed by atoms with E-state index in [1.165, 1.54) is 6.07 Å².